The molecule has 2 heterocycles. The van der Waals surface area contributed by atoms with Gasteiger partial charge in [-0.1, -0.05) is 0 Å². The Balaban J connectivity index is 1.39. The minimum atomic E-state index is -0.985. The molecule has 0 aliphatic carbocycles. The predicted octanol–water partition coefficient (Wildman–Crippen LogP) is 5.45. The van der Waals surface area contributed by atoms with Crippen LogP contribution < -0.4 is 10.1 Å². The standard InChI is InChI=1S/C29H34F3N3O4/c1-18-17-34-24-4-3-20(39-2)15-21(24)27(18)25(36)5-6-29(16-26(37)38)7-10-35(11-8-29)12-9-33-28-22(31)13-19(30)14-23(28)32/h3-4,13-15,17,25,33,36H,5-12,16H2,1-2H3,(H,37,38)/t25-/m0/s1. The summed E-state index contributed by atoms with van der Waals surface area (Å²) in [5, 5.41) is 24.4. The summed E-state index contributed by atoms with van der Waals surface area (Å²) in [6.45, 7) is 3.88. The summed E-state index contributed by atoms with van der Waals surface area (Å²) < 4.78 is 46.2. The van der Waals surface area contributed by atoms with Crippen LogP contribution in [0.25, 0.3) is 10.9 Å². The number of aryl methyl sites for hydroxylation is 1. The van der Waals surface area contributed by atoms with E-state index in [1.807, 2.05) is 25.1 Å². The molecule has 0 radical (unpaired) electrons. The number of carbonyl (C=O) groups is 1. The van der Waals surface area contributed by atoms with Crippen molar-refractivity contribution in [2.75, 3.05) is 38.6 Å². The smallest absolute Gasteiger partial charge is 0.303 e. The molecule has 0 bridgehead atoms. The maximum absolute atomic E-state index is 13.9. The Bertz CT molecular complexity index is 1310. The van der Waals surface area contributed by atoms with Gasteiger partial charge in [-0.05, 0) is 80.4 Å². The number of rotatable bonds is 11. The van der Waals surface area contributed by atoms with Crippen LogP contribution in [0.5, 0.6) is 5.75 Å². The molecule has 1 aliphatic heterocycles. The van der Waals surface area contributed by atoms with Crippen LogP contribution in [0.15, 0.2) is 36.5 Å². The zero-order valence-electron chi connectivity index (χ0n) is 22.1. The Morgan fingerprint density at radius 3 is 2.51 bits per heavy atom. The molecule has 1 aliphatic rings. The van der Waals surface area contributed by atoms with Crippen LogP contribution in [0.2, 0.25) is 0 Å². The molecular weight excluding hydrogens is 511 g/mol. The van der Waals surface area contributed by atoms with Crippen LogP contribution in [-0.4, -0.2) is 59.4 Å². The molecule has 2 aromatic carbocycles. The van der Waals surface area contributed by atoms with Crippen LogP contribution in [0, 0.1) is 29.8 Å². The number of benzene rings is 2. The lowest BCUT2D eigenvalue weighted by Crippen LogP contribution is -2.43. The number of anilines is 1. The fraction of sp³-hybridized carbons (Fsp3) is 0.448. The van der Waals surface area contributed by atoms with Gasteiger partial charge in [0.25, 0.3) is 0 Å². The minimum Gasteiger partial charge on any atom is -0.497 e. The van der Waals surface area contributed by atoms with Gasteiger partial charge in [0.15, 0.2) is 11.6 Å². The first kappa shape index (κ1) is 28.6. The SMILES string of the molecule is COc1ccc2ncc(C)c([C@@H](O)CCC3(CC(=O)O)CCN(CCNc4c(F)cc(F)cc4F)CC3)c2c1. The third-order valence-corrected chi connectivity index (χ3v) is 7.78. The maximum Gasteiger partial charge on any atom is 0.303 e. The average molecular weight is 546 g/mol. The first-order valence-corrected chi connectivity index (χ1v) is 13.0. The monoisotopic (exact) mass is 545 g/mol. The number of carboxylic acid groups (broad SMARTS) is 1. The van der Waals surface area contributed by atoms with Crippen molar-refractivity contribution in [2.24, 2.45) is 5.41 Å². The van der Waals surface area contributed by atoms with Crippen LogP contribution in [0.1, 0.15) is 49.3 Å². The van der Waals surface area contributed by atoms with Gasteiger partial charge in [-0.3, -0.25) is 9.78 Å². The summed E-state index contributed by atoms with van der Waals surface area (Å²) in [4.78, 5) is 18.3. The van der Waals surface area contributed by atoms with Gasteiger partial charge in [-0.15, -0.1) is 0 Å². The number of nitrogens with zero attached hydrogens (tertiary/aromatic N) is 2. The molecule has 1 aromatic heterocycles. The number of aliphatic hydroxyl groups is 1. The molecule has 0 amide bonds. The number of hydrogen-bond acceptors (Lipinski definition) is 6. The molecule has 0 spiro atoms. The largest absolute Gasteiger partial charge is 0.497 e. The van der Waals surface area contributed by atoms with Gasteiger partial charge >= 0.3 is 5.97 Å². The Hall–Kier alpha value is -3.37. The third-order valence-electron chi connectivity index (χ3n) is 7.78. The van der Waals surface area contributed by atoms with Gasteiger partial charge in [0.1, 0.15) is 17.3 Å². The second-order valence-corrected chi connectivity index (χ2v) is 10.4. The zero-order valence-corrected chi connectivity index (χ0v) is 22.1. The number of hydrogen-bond donors (Lipinski definition) is 3. The molecule has 3 aromatic rings. The van der Waals surface area contributed by atoms with E-state index >= 15 is 0 Å². The molecule has 210 valence electrons. The highest BCUT2D eigenvalue weighted by Gasteiger charge is 2.37. The number of halogens is 3. The molecule has 1 fully saturated rings. The predicted molar refractivity (Wildman–Crippen MR) is 142 cm³/mol. The van der Waals surface area contributed by atoms with Crippen molar-refractivity contribution < 1.29 is 32.9 Å². The van der Waals surface area contributed by atoms with Crippen molar-refractivity contribution in [1.82, 2.24) is 9.88 Å². The normalized spacial score (nSPS) is 16.3. The number of fused-ring (bicyclic) bond motifs is 1. The molecule has 39 heavy (non-hydrogen) atoms. The average Bonchev–Trinajstić information content (AvgIpc) is 2.89. The van der Waals surface area contributed by atoms with E-state index in [1.165, 1.54) is 0 Å². The number of piperidine rings is 1. The van der Waals surface area contributed by atoms with E-state index < -0.39 is 34.9 Å². The van der Waals surface area contributed by atoms with Gasteiger partial charge in [-0.2, -0.15) is 0 Å². The number of aromatic nitrogens is 1. The molecular formula is C29H34F3N3O4. The molecule has 3 N–H and O–H groups in total. The molecule has 4 rings (SSSR count). The van der Waals surface area contributed by atoms with Crippen molar-refractivity contribution in [1.29, 1.82) is 0 Å². The highest BCUT2D eigenvalue weighted by Crippen LogP contribution is 2.42. The second-order valence-electron chi connectivity index (χ2n) is 10.4. The Kier molecular flexibility index (Phi) is 8.97. The summed E-state index contributed by atoms with van der Waals surface area (Å²) in [5.41, 5.74) is 1.54. The number of methoxy groups -OCH3 is 1. The second kappa shape index (κ2) is 12.2. The van der Waals surface area contributed by atoms with E-state index in [4.69, 9.17) is 4.74 Å². The van der Waals surface area contributed by atoms with Crippen molar-refractivity contribution in [3.05, 3.63) is 65.1 Å². The maximum atomic E-state index is 13.9. The fourth-order valence-electron chi connectivity index (χ4n) is 5.59. The highest BCUT2D eigenvalue weighted by molar-refractivity contribution is 5.84. The Labute approximate surface area is 225 Å². The van der Waals surface area contributed by atoms with E-state index in [0.717, 1.165) is 22.0 Å². The lowest BCUT2D eigenvalue weighted by molar-refractivity contribution is -0.141. The number of ether oxygens (including phenoxy) is 1. The van der Waals surface area contributed by atoms with Gasteiger partial charge < -0.3 is 25.2 Å². The lowest BCUT2D eigenvalue weighted by Gasteiger charge is -2.41. The van der Waals surface area contributed by atoms with E-state index in [0.29, 0.717) is 63.2 Å². The van der Waals surface area contributed by atoms with E-state index in [-0.39, 0.29) is 18.7 Å². The van der Waals surface area contributed by atoms with Crippen molar-refractivity contribution in [3.8, 4) is 5.75 Å². The first-order valence-electron chi connectivity index (χ1n) is 13.0. The zero-order chi connectivity index (χ0) is 28.2. The van der Waals surface area contributed by atoms with Gasteiger partial charge in [0.2, 0.25) is 0 Å². The molecule has 1 saturated heterocycles. The lowest BCUT2D eigenvalue weighted by atomic mass is 9.71. The van der Waals surface area contributed by atoms with E-state index in [1.54, 1.807) is 13.3 Å². The molecule has 0 saturated carbocycles. The third kappa shape index (κ3) is 6.80. The highest BCUT2D eigenvalue weighted by atomic mass is 19.1. The van der Waals surface area contributed by atoms with Crippen molar-refractivity contribution in [3.63, 3.8) is 0 Å². The minimum absolute atomic E-state index is 0.00170. The van der Waals surface area contributed by atoms with Gasteiger partial charge in [0.05, 0.1) is 25.2 Å². The molecule has 7 nitrogen and oxygen atoms in total. The van der Waals surface area contributed by atoms with Crippen LogP contribution >= 0.6 is 0 Å². The van der Waals surface area contributed by atoms with Crippen molar-refractivity contribution in [2.45, 2.75) is 45.1 Å². The van der Waals surface area contributed by atoms with Crippen LogP contribution in [0.3, 0.4) is 0 Å². The van der Waals surface area contributed by atoms with Crippen LogP contribution in [0.4, 0.5) is 18.9 Å². The van der Waals surface area contributed by atoms with E-state index in [9.17, 15) is 28.2 Å². The van der Waals surface area contributed by atoms with Crippen LogP contribution in [-0.2, 0) is 4.79 Å². The van der Waals surface area contributed by atoms with Crippen molar-refractivity contribution >= 4 is 22.6 Å². The quantitative estimate of drug-likeness (QED) is 0.295. The molecule has 10 heteroatoms. The summed E-state index contributed by atoms with van der Waals surface area (Å²) in [6, 6.07) is 6.79. The number of carboxylic acids is 1. The van der Waals surface area contributed by atoms with Gasteiger partial charge in [-0.25, -0.2) is 13.2 Å². The number of pyridine rings is 1. The summed E-state index contributed by atoms with van der Waals surface area (Å²) in [7, 11) is 1.58. The van der Waals surface area contributed by atoms with Gasteiger partial charge in [0, 0.05) is 36.8 Å². The number of aliphatic hydroxyl groups excluding tert-OH is 1. The molecule has 0 unspecified atom stereocenters. The topological polar surface area (TPSA) is 94.9 Å². The summed E-state index contributed by atoms with van der Waals surface area (Å²) >= 11 is 0. The fourth-order valence-corrected chi connectivity index (χ4v) is 5.59. The Morgan fingerprint density at radius 1 is 1.18 bits per heavy atom. The number of nitrogens with one attached hydrogen (secondary N) is 1. The Morgan fingerprint density at radius 2 is 1.87 bits per heavy atom. The first-order chi connectivity index (χ1) is 18.6. The summed E-state index contributed by atoms with van der Waals surface area (Å²) in [5.74, 6) is -3.16. The van der Waals surface area contributed by atoms with E-state index in [2.05, 4.69) is 15.2 Å². The number of aliphatic carboxylic acids is 1. The molecule has 1 atom stereocenters. The number of likely N-dealkylation sites (tertiary alicyclic amines) is 1. The summed E-state index contributed by atoms with van der Waals surface area (Å²) in [6.07, 6.45) is 3.11.